The van der Waals surface area contributed by atoms with Crippen LogP contribution in [0.4, 0.5) is 10.5 Å². The number of phenolic OH excluding ortho intramolecular Hbond substituents is 2. The topological polar surface area (TPSA) is 137 Å². The van der Waals surface area contributed by atoms with Gasteiger partial charge >= 0.3 is 6.09 Å². The maximum atomic E-state index is 14.4. The summed E-state index contributed by atoms with van der Waals surface area (Å²) in [5.74, 6) is -0.637. The van der Waals surface area contributed by atoms with Crippen molar-refractivity contribution >= 4 is 23.6 Å². The van der Waals surface area contributed by atoms with Crippen LogP contribution in [0.3, 0.4) is 0 Å². The Morgan fingerprint density at radius 3 is 2.07 bits per heavy atom. The van der Waals surface area contributed by atoms with Crippen molar-refractivity contribution in [1.29, 1.82) is 0 Å². The summed E-state index contributed by atoms with van der Waals surface area (Å²) < 4.78 is 10.6. The van der Waals surface area contributed by atoms with Crippen LogP contribution in [0.1, 0.15) is 51.8 Å². The minimum absolute atomic E-state index is 0.0508. The lowest BCUT2D eigenvalue weighted by Crippen LogP contribution is -2.55. The number of carbonyl (C=O) groups excluding carboxylic acids is 3. The molecule has 0 saturated heterocycles. The van der Waals surface area contributed by atoms with E-state index in [1.165, 1.54) is 30.2 Å². The normalized spacial score (nSPS) is 12.6. The molecule has 0 aliphatic heterocycles. The van der Waals surface area contributed by atoms with Crippen LogP contribution < -0.4 is 15.4 Å². The van der Waals surface area contributed by atoms with Crippen molar-refractivity contribution in [3.05, 3.63) is 83.9 Å². The van der Waals surface area contributed by atoms with Crippen molar-refractivity contribution in [3.8, 4) is 17.2 Å². The Balaban J connectivity index is 2.05. The van der Waals surface area contributed by atoms with Crippen molar-refractivity contribution in [2.45, 2.75) is 64.8 Å². The number of benzene rings is 3. The van der Waals surface area contributed by atoms with Gasteiger partial charge < -0.3 is 35.2 Å². The lowest BCUT2D eigenvalue weighted by Gasteiger charge is -2.37. The molecule has 42 heavy (non-hydrogen) atoms. The molecule has 0 spiro atoms. The number of nitrogens with one attached hydrogen (secondary N) is 2. The quantitative estimate of drug-likeness (QED) is 0.261. The minimum Gasteiger partial charge on any atom is -0.508 e. The molecule has 3 aromatic carbocycles. The first-order valence-electron chi connectivity index (χ1n) is 13.6. The van der Waals surface area contributed by atoms with Gasteiger partial charge in [0.05, 0.1) is 7.11 Å². The summed E-state index contributed by atoms with van der Waals surface area (Å²) in [6.45, 7) is 8.62. The lowest BCUT2D eigenvalue weighted by atomic mass is 9.98. The third-order valence-corrected chi connectivity index (χ3v) is 6.29. The Morgan fingerprint density at radius 1 is 0.905 bits per heavy atom. The van der Waals surface area contributed by atoms with E-state index in [0.29, 0.717) is 17.0 Å². The molecule has 0 saturated carbocycles. The van der Waals surface area contributed by atoms with Crippen LogP contribution in [0.25, 0.3) is 0 Å². The number of methoxy groups -OCH3 is 1. The minimum atomic E-state index is -1.26. The molecule has 2 atom stereocenters. The standard InChI is InChI=1S/C32H39N3O7/c1-20(2)35(30(39)26(34-31(40)42-32(3,4)5)19-21-11-15-23(36)16-12-21)28(25-9-7-8-10-27(25)37)29(38)33-22-13-17-24(41-6)18-14-22/h7-18,20,26,28,36-37H,19H2,1-6H3,(H,33,38)(H,34,40). The zero-order chi connectivity index (χ0) is 31.0. The fourth-order valence-electron chi connectivity index (χ4n) is 4.40. The third-order valence-electron chi connectivity index (χ3n) is 6.29. The number of alkyl carbamates (subject to hydrolysis) is 1. The second-order valence-electron chi connectivity index (χ2n) is 11.1. The van der Waals surface area contributed by atoms with Gasteiger partial charge in [0.25, 0.3) is 5.91 Å². The number of aromatic hydroxyl groups is 2. The maximum Gasteiger partial charge on any atom is 0.408 e. The highest BCUT2D eigenvalue weighted by atomic mass is 16.6. The first-order chi connectivity index (χ1) is 19.8. The van der Waals surface area contributed by atoms with Crippen molar-refractivity contribution in [2.75, 3.05) is 12.4 Å². The van der Waals surface area contributed by atoms with E-state index in [4.69, 9.17) is 9.47 Å². The highest BCUT2D eigenvalue weighted by molar-refractivity contribution is 5.99. The van der Waals surface area contributed by atoms with Crippen molar-refractivity contribution in [1.82, 2.24) is 10.2 Å². The van der Waals surface area contributed by atoms with Gasteiger partial charge in [0.1, 0.15) is 34.9 Å². The van der Waals surface area contributed by atoms with E-state index >= 15 is 0 Å². The molecule has 0 radical (unpaired) electrons. The first-order valence-corrected chi connectivity index (χ1v) is 13.6. The van der Waals surface area contributed by atoms with Gasteiger partial charge in [-0.15, -0.1) is 0 Å². The zero-order valence-electron chi connectivity index (χ0n) is 24.8. The molecule has 0 aromatic heterocycles. The van der Waals surface area contributed by atoms with Crippen molar-refractivity contribution in [2.24, 2.45) is 0 Å². The molecule has 0 fully saturated rings. The Bertz CT molecular complexity index is 1370. The van der Waals surface area contributed by atoms with E-state index in [0.717, 1.165) is 0 Å². The summed E-state index contributed by atoms with van der Waals surface area (Å²) in [5, 5.41) is 26.0. The van der Waals surface area contributed by atoms with Crippen molar-refractivity contribution < 1.29 is 34.1 Å². The SMILES string of the molecule is COc1ccc(NC(=O)C(c2ccccc2O)N(C(=O)C(Cc2ccc(O)cc2)NC(=O)OC(C)(C)C)C(C)C)cc1. The summed E-state index contributed by atoms with van der Waals surface area (Å²) in [7, 11) is 1.54. The molecule has 10 nitrogen and oxygen atoms in total. The molecule has 0 bridgehead atoms. The fraction of sp³-hybridized carbons (Fsp3) is 0.344. The number of ether oxygens (including phenoxy) is 2. The Hall–Kier alpha value is -4.73. The number of hydrogen-bond donors (Lipinski definition) is 4. The van der Waals surface area contributed by atoms with Gasteiger partial charge in [0.2, 0.25) is 5.91 Å². The van der Waals surface area contributed by atoms with E-state index in [-0.39, 0.29) is 23.5 Å². The van der Waals surface area contributed by atoms with Crippen LogP contribution in [0.2, 0.25) is 0 Å². The maximum absolute atomic E-state index is 14.4. The Kier molecular flexibility index (Phi) is 10.4. The first kappa shape index (κ1) is 31.8. The summed E-state index contributed by atoms with van der Waals surface area (Å²) in [6.07, 6.45) is -0.750. The average molecular weight is 578 g/mol. The number of rotatable bonds is 10. The van der Waals surface area contributed by atoms with Gasteiger partial charge in [-0.1, -0.05) is 30.3 Å². The van der Waals surface area contributed by atoms with Crippen LogP contribution >= 0.6 is 0 Å². The lowest BCUT2D eigenvalue weighted by molar-refractivity contribution is -0.143. The number of phenols is 2. The molecule has 224 valence electrons. The van der Waals surface area contributed by atoms with E-state index in [1.807, 2.05) is 0 Å². The van der Waals surface area contributed by atoms with Gasteiger partial charge in [-0.3, -0.25) is 9.59 Å². The van der Waals surface area contributed by atoms with Crippen LogP contribution in [0.5, 0.6) is 17.2 Å². The average Bonchev–Trinajstić information content (AvgIpc) is 2.92. The molecule has 0 aliphatic rings. The van der Waals surface area contributed by atoms with Crippen LogP contribution in [0.15, 0.2) is 72.8 Å². The van der Waals surface area contributed by atoms with Gasteiger partial charge in [-0.05, 0) is 82.6 Å². The van der Waals surface area contributed by atoms with Gasteiger partial charge in [-0.2, -0.15) is 0 Å². The summed E-state index contributed by atoms with van der Waals surface area (Å²) in [5.41, 5.74) is 0.522. The van der Waals surface area contributed by atoms with Crippen LogP contribution in [-0.4, -0.2) is 57.8 Å². The number of para-hydroxylation sites is 1. The fourth-order valence-corrected chi connectivity index (χ4v) is 4.40. The van der Waals surface area contributed by atoms with E-state index in [2.05, 4.69) is 10.6 Å². The number of nitrogens with zero attached hydrogens (tertiary/aromatic N) is 1. The van der Waals surface area contributed by atoms with Crippen molar-refractivity contribution in [3.63, 3.8) is 0 Å². The molecule has 0 aliphatic carbocycles. The largest absolute Gasteiger partial charge is 0.508 e. The van der Waals surface area contributed by atoms with E-state index in [9.17, 15) is 24.6 Å². The van der Waals surface area contributed by atoms with E-state index < -0.39 is 41.6 Å². The highest BCUT2D eigenvalue weighted by Crippen LogP contribution is 2.32. The highest BCUT2D eigenvalue weighted by Gasteiger charge is 2.39. The molecular formula is C32H39N3O7. The summed E-state index contributed by atoms with van der Waals surface area (Å²) >= 11 is 0. The molecule has 3 aromatic rings. The molecular weight excluding hydrogens is 538 g/mol. The Morgan fingerprint density at radius 2 is 1.52 bits per heavy atom. The zero-order valence-corrected chi connectivity index (χ0v) is 24.8. The summed E-state index contributed by atoms with van der Waals surface area (Å²) in [6, 6.07) is 16.3. The third kappa shape index (κ3) is 8.63. The van der Waals surface area contributed by atoms with Gasteiger partial charge in [-0.25, -0.2) is 4.79 Å². The van der Waals surface area contributed by atoms with Gasteiger partial charge in [0, 0.05) is 23.7 Å². The molecule has 3 amide bonds. The smallest absolute Gasteiger partial charge is 0.408 e. The van der Waals surface area contributed by atoms with Crippen LogP contribution in [0, 0.1) is 0 Å². The molecule has 10 heteroatoms. The number of amides is 3. The second-order valence-corrected chi connectivity index (χ2v) is 11.1. The molecule has 4 N–H and O–H groups in total. The van der Waals surface area contributed by atoms with Gasteiger partial charge in [0.15, 0.2) is 0 Å². The molecule has 2 unspecified atom stereocenters. The van der Waals surface area contributed by atoms with E-state index in [1.54, 1.807) is 89.2 Å². The van der Waals surface area contributed by atoms with Crippen LogP contribution in [-0.2, 0) is 20.7 Å². The number of anilines is 1. The predicted molar refractivity (Wildman–Crippen MR) is 159 cm³/mol. The number of hydrogen-bond acceptors (Lipinski definition) is 7. The number of carbonyl (C=O) groups is 3. The Labute approximate surface area is 246 Å². The molecule has 0 heterocycles. The predicted octanol–water partition coefficient (Wildman–Crippen LogP) is 5.16. The monoisotopic (exact) mass is 577 g/mol. The summed E-state index contributed by atoms with van der Waals surface area (Å²) in [4.78, 5) is 42.5. The second kappa shape index (κ2) is 13.8. The molecule has 3 rings (SSSR count).